The fourth-order valence-electron chi connectivity index (χ4n) is 4.27. The molecular weight excluding hydrogens is 390 g/mol. The fourth-order valence-corrected chi connectivity index (χ4v) is 4.27. The Morgan fingerprint density at radius 2 is 2.03 bits per heavy atom. The summed E-state index contributed by atoms with van der Waals surface area (Å²) in [6.07, 6.45) is 4.57. The first-order valence-corrected chi connectivity index (χ1v) is 11.0. The van der Waals surface area contributed by atoms with Crippen molar-refractivity contribution >= 4 is 17.2 Å². The number of piperidine rings is 1. The molecule has 0 bridgehead atoms. The number of nitrogens with zero attached hydrogens (tertiary/aromatic N) is 4. The lowest BCUT2D eigenvalue weighted by molar-refractivity contribution is 0.171. The summed E-state index contributed by atoms with van der Waals surface area (Å²) < 4.78 is 7.57. The molecule has 1 aliphatic heterocycles. The molecule has 0 saturated carbocycles. The first kappa shape index (κ1) is 21.2. The average molecular weight is 422 g/mol. The van der Waals surface area contributed by atoms with Crippen LogP contribution in [0.2, 0.25) is 0 Å². The molecule has 0 radical (unpaired) electrons. The average Bonchev–Trinajstić information content (AvgIpc) is 3.14. The van der Waals surface area contributed by atoms with E-state index in [4.69, 9.17) is 9.72 Å². The van der Waals surface area contributed by atoms with Crippen molar-refractivity contribution in [2.24, 2.45) is 5.92 Å². The van der Waals surface area contributed by atoms with E-state index in [1.165, 1.54) is 0 Å². The molecule has 2 amide bonds. The SMILES string of the molecule is COc1cccc(CNC(=O)N2CCC(n3c(CC(C)C)nc4cccnc43)CC2)c1. The molecule has 7 heteroatoms. The Morgan fingerprint density at radius 3 is 2.77 bits per heavy atom. The molecule has 0 aliphatic carbocycles. The zero-order valence-electron chi connectivity index (χ0n) is 18.5. The number of urea groups is 1. The van der Waals surface area contributed by atoms with E-state index in [1.807, 2.05) is 47.5 Å². The smallest absolute Gasteiger partial charge is 0.317 e. The summed E-state index contributed by atoms with van der Waals surface area (Å²) in [4.78, 5) is 24.1. The number of rotatable bonds is 6. The maximum atomic E-state index is 12.7. The minimum Gasteiger partial charge on any atom is -0.497 e. The van der Waals surface area contributed by atoms with Crippen molar-refractivity contribution in [1.29, 1.82) is 0 Å². The summed E-state index contributed by atoms with van der Waals surface area (Å²) in [5, 5.41) is 3.04. The molecule has 1 aliphatic rings. The lowest BCUT2D eigenvalue weighted by Gasteiger charge is -2.33. The third kappa shape index (κ3) is 4.81. The topological polar surface area (TPSA) is 72.3 Å². The molecule has 1 aromatic carbocycles. The van der Waals surface area contributed by atoms with Crippen molar-refractivity contribution in [2.45, 2.75) is 45.7 Å². The van der Waals surface area contributed by atoms with Crippen LogP contribution in [-0.4, -0.2) is 45.7 Å². The molecule has 7 nitrogen and oxygen atoms in total. The Morgan fingerprint density at radius 1 is 1.23 bits per heavy atom. The summed E-state index contributed by atoms with van der Waals surface area (Å²) in [5.41, 5.74) is 2.94. The number of imidazole rings is 1. The number of methoxy groups -OCH3 is 1. The van der Waals surface area contributed by atoms with Gasteiger partial charge in [0.2, 0.25) is 0 Å². The molecule has 2 aromatic heterocycles. The molecule has 1 saturated heterocycles. The highest BCUT2D eigenvalue weighted by Gasteiger charge is 2.27. The minimum absolute atomic E-state index is 0.0164. The zero-order valence-corrected chi connectivity index (χ0v) is 18.5. The predicted octanol–water partition coefficient (Wildman–Crippen LogP) is 4.19. The van der Waals surface area contributed by atoms with Crippen LogP contribution in [0.25, 0.3) is 11.2 Å². The van der Waals surface area contributed by atoms with Crippen molar-refractivity contribution < 1.29 is 9.53 Å². The number of pyridine rings is 1. The van der Waals surface area contributed by atoms with Gasteiger partial charge in [0, 0.05) is 38.3 Å². The Kier molecular flexibility index (Phi) is 6.39. The first-order valence-electron chi connectivity index (χ1n) is 11.0. The van der Waals surface area contributed by atoms with Gasteiger partial charge in [0.25, 0.3) is 0 Å². The van der Waals surface area contributed by atoms with Gasteiger partial charge in [0.1, 0.15) is 17.1 Å². The van der Waals surface area contributed by atoms with Crippen LogP contribution < -0.4 is 10.1 Å². The van der Waals surface area contributed by atoms with Gasteiger partial charge in [-0.15, -0.1) is 0 Å². The standard InChI is InChI=1S/C24H31N5O2/c1-17(2)14-22-27-21-8-5-11-25-23(21)29(22)19-9-12-28(13-10-19)24(30)26-16-18-6-4-7-20(15-18)31-3/h4-8,11,15,17,19H,9-10,12-14,16H2,1-3H3,(H,26,30). The van der Waals surface area contributed by atoms with E-state index in [-0.39, 0.29) is 6.03 Å². The number of carbonyl (C=O) groups excluding carboxylic acids is 1. The number of hydrogen-bond donors (Lipinski definition) is 1. The van der Waals surface area contributed by atoms with E-state index in [9.17, 15) is 4.79 Å². The maximum Gasteiger partial charge on any atom is 0.317 e. The lowest BCUT2D eigenvalue weighted by atomic mass is 10.0. The number of nitrogens with one attached hydrogen (secondary N) is 1. The van der Waals surface area contributed by atoms with E-state index in [1.54, 1.807) is 7.11 Å². The molecule has 31 heavy (non-hydrogen) atoms. The lowest BCUT2D eigenvalue weighted by Crippen LogP contribution is -2.44. The number of aromatic nitrogens is 3. The second kappa shape index (κ2) is 9.37. The van der Waals surface area contributed by atoms with Crippen LogP contribution in [0.3, 0.4) is 0 Å². The van der Waals surface area contributed by atoms with Gasteiger partial charge >= 0.3 is 6.03 Å². The summed E-state index contributed by atoms with van der Waals surface area (Å²) in [5.74, 6) is 2.42. The molecule has 164 valence electrons. The largest absolute Gasteiger partial charge is 0.497 e. The molecule has 0 unspecified atom stereocenters. The van der Waals surface area contributed by atoms with E-state index in [2.05, 4.69) is 28.7 Å². The summed E-state index contributed by atoms with van der Waals surface area (Å²) in [6, 6.07) is 12.0. The number of hydrogen-bond acceptors (Lipinski definition) is 4. The highest BCUT2D eigenvalue weighted by atomic mass is 16.5. The van der Waals surface area contributed by atoms with E-state index >= 15 is 0 Å². The molecule has 3 aromatic rings. The van der Waals surface area contributed by atoms with Gasteiger partial charge in [0.05, 0.1) is 7.11 Å². The highest BCUT2D eigenvalue weighted by molar-refractivity contribution is 5.74. The van der Waals surface area contributed by atoms with Gasteiger partial charge in [-0.2, -0.15) is 0 Å². The monoisotopic (exact) mass is 421 g/mol. The van der Waals surface area contributed by atoms with Crippen LogP contribution in [0.15, 0.2) is 42.6 Å². The van der Waals surface area contributed by atoms with E-state index < -0.39 is 0 Å². The Hall–Kier alpha value is -3.09. The molecular formula is C24H31N5O2. The third-order valence-corrected chi connectivity index (χ3v) is 5.81. The summed E-state index contributed by atoms with van der Waals surface area (Å²) in [7, 11) is 1.65. The summed E-state index contributed by atoms with van der Waals surface area (Å²) in [6.45, 7) is 6.37. The Balaban J connectivity index is 1.40. The Bertz CT molecular complexity index is 1040. The van der Waals surface area contributed by atoms with Crippen molar-refractivity contribution in [2.75, 3.05) is 20.2 Å². The minimum atomic E-state index is -0.0164. The second-order valence-electron chi connectivity index (χ2n) is 8.57. The number of benzene rings is 1. The quantitative estimate of drug-likeness (QED) is 0.648. The predicted molar refractivity (Wildman–Crippen MR) is 121 cm³/mol. The molecule has 3 heterocycles. The normalized spacial score (nSPS) is 14.9. The number of fused-ring (bicyclic) bond motifs is 1. The fraction of sp³-hybridized carbons (Fsp3) is 0.458. The van der Waals surface area contributed by atoms with Crippen LogP contribution in [-0.2, 0) is 13.0 Å². The van der Waals surface area contributed by atoms with Crippen LogP contribution in [0.4, 0.5) is 4.79 Å². The van der Waals surface area contributed by atoms with Crippen LogP contribution in [0.1, 0.15) is 44.1 Å². The summed E-state index contributed by atoms with van der Waals surface area (Å²) >= 11 is 0. The zero-order chi connectivity index (χ0) is 21.8. The van der Waals surface area contributed by atoms with Gasteiger partial charge < -0.3 is 19.5 Å². The third-order valence-electron chi connectivity index (χ3n) is 5.81. The molecule has 4 rings (SSSR count). The van der Waals surface area contributed by atoms with Gasteiger partial charge in [-0.25, -0.2) is 14.8 Å². The van der Waals surface area contributed by atoms with Crippen molar-refractivity contribution in [3.63, 3.8) is 0 Å². The van der Waals surface area contributed by atoms with Crippen LogP contribution in [0, 0.1) is 5.92 Å². The van der Waals surface area contributed by atoms with Crippen LogP contribution >= 0.6 is 0 Å². The van der Waals surface area contributed by atoms with E-state index in [0.29, 0.717) is 18.5 Å². The first-order chi connectivity index (χ1) is 15.0. The second-order valence-corrected chi connectivity index (χ2v) is 8.57. The van der Waals surface area contributed by atoms with Crippen molar-refractivity contribution in [1.82, 2.24) is 24.8 Å². The van der Waals surface area contributed by atoms with Gasteiger partial charge in [-0.1, -0.05) is 26.0 Å². The number of amides is 2. The molecule has 1 N–H and O–H groups in total. The number of likely N-dealkylation sites (tertiary alicyclic amines) is 1. The van der Waals surface area contributed by atoms with Gasteiger partial charge in [0.15, 0.2) is 5.65 Å². The molecule has 1 fully saturated rings. The van der Waals surface area contributed by atoms with Crippen molar-refractivity contribution in [3.05, 3.63) is 54.0 Å². The molecule has 0 spiro atoms. The Labute approximate surface area is 183 Å². The highest BCUT2D eigenvalue weighted by Crippen LogP contribution is 2.29. The van der Waals surface area contributed by atoms with Gasteiger partial charge in [-0.05, 0) is 48.6 Å². The maximum absolute atomic E-state index is 12.7. The van der Waals surface area contributed by atoms with Crippen molar-refractivity contribution in [3.8, 4) is 5.75 Å². The number of ether oxygens (including phenoxy) is 1. The van der Waals surface area contributed by atoms with E-state index in [0.717, 1.165) is 60.7 Å². The van der Waals surface area contributed by atoms with Crippen LogP contribution in [0.5, 0.6) is 5.75 Å². The molecule has 0 atom stereocenters. The van der Waals surface area contributed by atoms with Gasteiger partial charge in [-0.3, -0.25) is 0 Å². The number of carbonyl (C=O) groups is 1.